The number of hydrogen-bond acceptors (Lipinski definition) is 4. The average Bonchev–Trinajstić information content (AvgIpc) is 2.77. The van der Waals surface area contributed by atoms with Crippen LogP contribution in [0.2, 0.25) is 0 Å². The number of rotatable bonds is 3. The van der Waals surface area contributed by atoms with E-state index < -0.39 is 0 Å². The van der Waals surface area contributed by atoms with E-state index in [-0.39, 0.29) is 11.5 Å². The van der Waals surface area contributed by atoms with Crippen molar-refractivity contribution in [1.82, 2.24) is 4.90 Å². The molecule has 4 rings (SSSR count). The molecule has 2 aliphatic rings. The lowest BCUT2D eigenvalue weighted by Gasteiger charge is -2.35. The van der Waals surface area contributed by atoms with Crippen LogP contribution in [0.25, 0.3) is 0 Å². The molecule has 2 aromatic rings. The summed E-state index contributed by atoms with van der Waals surface area (Å²) < 4.78 is 6.06. The molecule has 0 radical (unpaired) electrons. The summed E-state index contributed by atoms with van der Waals surface area (Å²) in [6.45, 7) is 11.7. The van der Waals surface area contributed by atoms with E-state index in [9.17, 15) is 10.1 Å². The molecule has 1 aromatic carbocycles. The minimum Gasteiger partial charge on any atom is -0.370 e. The molecule has 0 bridgehead atoms. The van der Waals surface area contributed by atoms with Crippen LogP contribution in [0, 0.1) is 11.3 Å². The normalized spacial score (nSPS) is 17.9. The number of carbonyl (C=O) groups is 1. The largest absolute Gasteiger partial charge is 0.370 e. The van der Waals surface area contributed by atoms with Crippen LogP contribution in [0.15, 0.2) is 30.3 Å². The van der Waals surface area contributed by atoms with Gasteiger partial charge in [0.25, 0.3) is 11.7 Å². The number of nitriles is 1. The van der Waals surface area contributed by atoms with E-state index in [0.29, 0.717) is 38.7 Å². The van der Waals surface area contributed by atoms with Crippen LogP contribution in [-0.2, 0) is 17.8 Å². The molecular formula is C25H31N4O2+. The third-order valence-corrected chi connectivity index (χ3v) is 6.28. The molecule has 0 atom stereocenters. The van der Waals surface area contributed by atoms with Crippen LogP contribution in [0.1, 0.15) is 66.4 Å². The van der Waals surface area contributed by atoms with Gasteiger partial charge in [-0.3, -0.25) is 9.69 Å². The quantitative estimate of drug-likeness (QED) is 0.765. The molecule has 0 spiro atoms. The summed E-state index contributed by atoms with van der Waals surface area (Å²) in [6.07, 6.45) is 0.721. The average molecular weight is 420 g/mol. The zero-order chi connectivity index (χ0) is 22.2. The number of benzene rings is 1. The third-order valence-electron chi connectivity index (χ3n) is 6.28. The number of fused-ring (bicyclic) bond motifs is 1. The maximum Gasteiger partial charge on any atom is 0.293 e. The van der Waals surface area contributed by atoms with Crippen molar-refractivity contribution in [3.05, 3.63) is 58.3 Å². The highest BCUT2D eigenvalue weighted by atomic mass is 16.5. The molecule has 1 fully saturated rings. The van der Waals surface area contributed by atoms with Gasteiger partial charge in [0.2, 0.25) is 0 Å². The molecule has 0 saturated carbocycles. The van der Waals surface area contributed by atoms with Crippen LogP contribution in [0.5, 0.6) is 0 Å². The standard InChI is InChI=1S/C25H30N4O2/c1-17(2)22-21-16-31-25(3,4)14-19(21)20(15-26)23(27-22)28-10-12-29(13-11-28)24(30)18-8-6-5-7-9-18/h5-9,17H,10-14,16H2,1-4H3/p+1. The highest BCUT2D eigenvalue weighted by molar-refractivity contribution is 5.94. The molecule has 1 saturated heterocycles. The Balaban J connectivity index is 1.62. The van der Waals surface area contributed by atoms with Crippen LogP contribution < -0.4 is 9.88 Å². The van der Waals surface area contributed by atoms with Gasteiger partial charge in [-0.15, -0.1) is 0 Å². The zero-order valence-electron chi connectivity index (χ0n) is 18.9. The van der Waals surface area contributed by atoms with E-state index >= 15 is 0 Å². The Morgan fingerprint density at radius 2 is 1.81 bits per heavy atom. The van der Waals surface area contributed by atoms with E-state index in [4.69, 9.17) is 4.74 Å². The lowest BCUT2D eigenvalue weighted by Crippen LogP contribution is -2.51. The Hall–Kier alpha value is -2.91. The summed E-state index contributed by atoms with van der Waals surface area (Å²) in [4.78, 5) is 20.5. The number of ether oxygens (including phenoxy) is 1. The van der Waals surface area contributed by atoms with Crippen molar-refractivity contribution in [2.45, 2.75) is 52.2 Å². The molecule has 3 heterocycles. The SMILES string of the molecule is CC(C)c1[nH+]c(N2CCN(C(=O)c3ccccc3)CC2)c(C#N)c2c1COC(C)(C)C2. The summed E-state index contributed by atoms with van der Waals surface area (Å²) in [5, 5.41) is 10.1. The van der Waals surface area contributed by atoms with E-state index in [1.807, 2.05) is 35.2 Å². The van der Waals surface area contributed by atoms with Gasteiger partial charge in [0.15, 0.2) is 0 Å². The number of pyridine rings is 1. The van der Waals surface area contributed by atoms with Crippen LogP contribution in [0.4, 0.5) is 5.82 Å². The lowest BCUT2D eigenvalue weighted by molar-refractivity contribution is -0.381. The second-order valence-corrected chi connectivity index (χ2v) is 9.36. The number of anilines is 1. The molecular weight excluding hydrogens is 388 g/mol. The Labute approximate surface area is 184 Å². The van der Waals surface area contributed by atoms with Crippen molar-refractivity contribution < 1.29 is 14.5 Å². The van der Waals surface area contributed by atoms with E-state index in [1.165, 1.54) is 0 Å². The van der Waals surface area contributed by atoms with Crippen molar-refractivity contribution in [3.8, 4) is 6.07 Å². The van der Waals surface area contributed by atoms with Gasteiger partial charge in [-0.1, -0.05) is 32.0 Å². The Kier molecular flexibility index (Phi) is 5.72. The molecule has 1 aromatic heterocycles. The predicted molar refractivity (Wildman–Crippen MR) is 119 cm³/mol. The molecule has 6 heteroatoms. The first-order chi connectivity index (χ1) is 14.8. The summed E-state index contributed by atoms with van der Waals surface area (Å²) >= 11 is 0. The van der Waals surface area contributed by atoms with Crippen LogP contribution in [0.3, 0.4) is 0 Å². The minimum absolute atomic E-state index is 0.0666. The maximum atomic E-state index is 12.8. The fraction of sp³-hybridized carbons (Fsp3) is 0.480. The third kappa shape index (κ3) is 4.15. The van der Waals surface area contributed by atoms with Gasteiger partial charge in [0, 0.05) is 23.5 Å². The van der Waals surface area contributed by atoms with Gasteiger partial charge < -0.3 is 9.64 Å². The first kappa shape index (κ1) is 21.3. The Morgan fingerprint density at radius 1 is 1.13 bits per heavy atom. The fourth-order valence-electron chi connectivity index (χ4n) is 4.57. The number of piperazine rings is 1. The molecule has 1 N–H and O–H groups in total. The second-order valence-electron chi connectivity index (χ2n) is 9.36. The minimum atomic E-state index is -0.285. The summed E-state index contributed by atoms with van der Waals surface area (Å²) in [5.41, 5.74) is 4.54. The first-order valence-corrected chi connectivity index (χ1v) is 11.0. The van der Waals surface area contributed by atoms with Gasteiger partial charge in [0.1, 0.15) is 30.4 Å². The number of carbonyl (C=O) groups excluding carboxylic acids is 1. The van der Waals surface area contributed by atoms with Crippen molar-refractivity contribution in [2.75, 3.05) is 31.1 Å². The number of nitrogens with zero attached hydrogens (tertiary/aromatic N) is 3. The maximum absolute atomic E-state index is 12.8. The van der Waals surface area contributed by atoms with Crippen LogP contribution >= 0.6 is 0 Å². The highest BCUT2D eigenvalue weighted by Gasteiger charge is 2.37. The molecule has 6 nitrogen and oxygen atoms in total. The monoisotopic (exact) mass is 419 g/mol. The highest BCUT2D eigenvalue weighted by Crippen LogP contribution is 2.35. The molecule has 1 amide bonds. The number of hydrogen-bond donors (Lipinski definition) is 0. The fourth-order valence-corrected chi connectivity index (χ4v) is 4.57. The smallest absolute Gasteiger partial charge is 0.293 e. The molecule has 2 aliphatic heterocycles. The van der Waals surface area contributed by atoms with E-state index in [2.05, 4.69) is 43.6 Å². The molecule has 0 aliphatic carbocycles. The van der Waals surface area contributed by atoms with Gasteiger partial charge in [0.05, 0.1) is 25.3 Å². The van der Waals surface area contributed by atoms with Crippen molar-refractivity contribution >= 4 is 11.7 Å². The molecule has 0 unspecified atom stereocenters. The lowest BCUT2D eigenvalue weighted by atomic mass is 9.86. The van der Waals surface area contributed by atoms with Gasteiger partial charge in [-0.2, -0.15) is 5.26 Å². The van der Waals surface area contributed by atoms with Gasteiger partial charge >= 0.3 is 0 Å². The van der Waals surface area contributed by atoms with E-state index in [1.54, 1.807) is 0 Å². The summed E-state index contributed by atoms with van der Waals surface area (Å²) in [7, 11) is 0. The van der Waals surface area contributed by atoms with Crippen molar-refractivity contribution in [3.63, 3.8) is 0 Å². The second kappa shape index (κ2) is 8.32. The topological polar surface area (TPSA) is 70.7 Å². The van der Waals surface area contributed by atoms with Crippen LogP contribution in [-0.4, -0.2) is 42.6 Å². The number of amides is 1. The Bertz CT molecular complexity index is 1020. The van der Waals surface area contributed by atoms with Crippen molar-refractivity contribution in [1.29, 1.82) is 5.26 Å². The van der Waals surface area contributed by atoms with E-state index in [0.717, 1.165) is 40.2 Å². The number of aromatic amines is 1. The number of aromatic nitrogens is 1. The first-order valence-electron chi connectivity index (χ1n) is 11.0. The summed E-state index contributed by atoms with van der Waals surface area (Å²) in [5.74, 6) is 1.25. The number of H-pyrrole nitrogens is 1. The van der Waals surface area contributed by atoms with Gasteiger partial charge in [-0.25, -0.2) is 4.98 Å². The van der Waals surface area contributed by atoms with Crippen molar-refractivity contribution in [2.24, 2.45) is 0 Å². The zero-order valence-corrected chi connectivity index (χ0v) is 18.9. The summed E-state index contributed by atoms with van der Waals surface area (Å²) in [6, 6.07) is 11.9. The van der Waals surface area contributed by atoms with Gasteiger partial charge in [-0.05, 0) is 31.5 Å². The number of nitrogens with one attached hydrogen (secondary N) is 1. The Morgan fingerprint density at radius 3 is 2.42 bits per heavy atom. The molecule has 31 heavy (non-hydrogen) atoms. The molecule has 162 valence electrons. The predicted octanol–water partition coefficient (Wildman–Crippen LogP) is 3.31.